The smallest absolute Gasteiger partial charge is 0.338 e. The second kappa shape index (κ2) is 4.61. The number of aryl methyl sites for hydroxylation is 1. The molecule has 0 aliphatic rings. The van der Waals surface area contributed by atoms with Crippen LogP contribution in [0.25, 0.3) is 0 Å². The second-order valence-corrected chi connectivity index (χ2v) is 3.18. The van der Waals surface area contributed by atoms with Crippen LogP contribution >= 0.6 is 0 Å². The van der Waals surface area contributed by atoms with Gasteiger partial charge in [0, 0.05) is 13.1 Å². The van der Waals surface area contributed by atoms with Gasteiger partial charge in [-0.3, -0.25) is 10.1 Å². The summed E-state index contributed by atoms with van der Waals surface area (Å²) in [5, 5.41) is 13.5. The fraction of sp³-hybridized carbons (Fsp3) is 0.300. The van der Waals surface area contributed by atoms with Crippen LogP contribution in [0, 0.1) is 17.0 Å². The number of rotatable bonds is 3. The predicted molar refractivity (Wildman–Crippen MR) is 58.7 cm³/mol. The van der Waals surface area contributed by atoms with Crippen molar-refractivity contribution in [2.45, 2.75) is 6.92 Å². The summed E-state index contributed by atoms with van der Waals surface area (Å²) in [5.74, 6) is -0.580. The Balaban J connectivity index is 3.38. The lowest BCUT2D eigenvalue weighted by Gasteiger charge is -2.07. The Kier molecular flexibility index (Phi) is 3.44. The van der Waals surface area contributed by atoms with Gasteiger partial charge in [0.1, 0.15) is 5.69 Å². The van der Waals surface area contributed by atoms with Gasteiger partial charge in [-0.25, -0.2) is 4.79 Å². The molecule has 6 nitrogen and oxygen atoms in total. The molecule has 0 atom stereocenters. The van der Waals surface area contributed by atoms with E-state index in [-0.39, 0.29) is 11.3 Å². The van der Waals surface area contributed by atoms with Crippen LogP contribution < -0.4 is 5.32 Å². The van der Waals surface area contributed by atoms with E-state index in [4.69, 9.17) is 0 Å². The summed E-state index contributed by atoms with van der Waals surface area (Å²) in [6.07, 6.45) is 0. The van der Waals surface area contributed by atoms with Crippen molar-refractivity contribution in [2.24, 2.45) is 0 Å². The molecule has 0 aromatic heterocycles. The van der Waals surface area contributed by atoms with Crippen molar-refractivity contribution in [3.05, 3.63) is 33.4 Å². The fourth-order valence-corrected chi connectivity index (χ4v) is 1.38. The SMILES string of the molecule is CNc1cc(C)c(C(=O)OC)cc1[N+](=O)[O-]. The first kappa shape index (κ1) is 12.0. The highest BCUT2D eigenvalue weighted by Crippen LogP contribution is 2.28. The highest BCUT2D eigenvalue weighted by Gasteiger charge is 2.19. The highest BCUT2D eigenvalue weighted by atomic mass is 16.6. The molecule has 0 saturated heterocycles. The minimum Gasteiger partial charge on any atom is -0.465 e. The van der Waals surface area contributed by atoms with Gasteiger partial charge in [0.2, 0.25) is 0 Å². The van der Waals surface area contributed by atoms with Gasteiger partial charge in [0.15, 0.2) is 0 Å². The Morgan fingerprint density at radius 2 is 2.12 bits per heavy atom. The Labute approximate surface area is 92.4 Å². The van der Waals surface area contributed by atoms with Crippen LogP contribution in [0.2, 0.25) is 0 Å². The number of nitro benzene ring substituents is 1. The van der Waals surface area contributed by atoms with Gasteiger partial charge in [-0.05, 0) is 18.6 Å². The van der Waals surface area contributed by atoms with Crippen LogP contribution in [0.4, 0.5) is 11.4 Å². The number of carbonyl (C=O) groups is 1. The number of benzene rings is 1. The number of anilines is 1. The number of methoxy groups -OCH3 is 1. The highest BCUT2D eigenvalue weighted by molar-refractivity contribution is 5.93. The second-order valence-electron chi connectivity index (χ2n) is 3.18. The monoisotopic (exact) mass is 224 g/mol. The topological polar surface area (TPSA) is 81.5 Å². The van der Waals surface area contributed by atoms with Crippen molar-refractivity contribution in [1.82, 2.24) is 0 Å². The van der Waals surface area contributed by atoms with Crippen molar-refractivity contribution in [3.8, 4) is 0 Å². The zero-order chi connectivity index (χ0) is 12.3. The minimum atomic E-state index is -0.580. The summed E-state index contributed by atoms with van der Waals surface area (Å²) in [5.41, 5.74) is 1.05. The molecule has 86 valence electrons. The predicted octanol–water partition coefficient (Wildman–Crippen LogP) is 1.73. The molecular formula is C10H12N2O4. The van der Waals surface area contributed by atoms with Crippen LogP contribution in [0.5, 0.6) is 0 Å². The van der Waals surface area contributed by atoms with E-state index in [1.165, 1.54) is 13.2 Å². The molecule has 0 aliphatic carbocycles. The maximum Gasteiger partial charge on any atom is 0.338 e. The number of ether oxygens (including phenoxy) is 1. The molecule has 6 heteroatoms. The summed E-state index contributed by atoms with van der Waals surface area (Å²) >= 11 is 0. The van der Waals surface area contributed by atoms with Crippen molar-refractivity contribution >= 4 is 17.3 Å². The van der Waals surface area contributed by atoms with Crippen LogP contribution in [0.3, 0.4) is 0 Å². The summed E-state index contributed by atoms with van der Waals surface area (Å²) in [6.45, 7) is 1.69. The number of hydrogen-bond donors (Lipinski definition) is 1. The van der Waals surface area contributed by atoms with Gasteiger partial charge in [0.05, 0.1) is 17.6 Å². The lowest BCUT2D eigenvalue weighted by atomic mass is 10.1. The van der Waals surface area contributed by atoms with E-state index < -0.39 is 10.9 Å². The molecule has 0 bridgehead atoms. The number of esters is 1. The van der Waals surface area contributed by atoms with Gasteiger partial charge < -0.3 is 10.1 Å². The summed E-state index contributed by atoms with van der Waals surface area (Å²) in [7, 11) is 2.82. The Morgan fingerprint density at radius 3 is 2.56 bits per heavy atom. The Hall–Kier alpha value is -2.11. The van der Waals surface area contributed by atoms with E-state index in [1.54, 1.807) is 20.0 Å². The normalized spacial score (nSPS) is 9.69. The third-order valence-corrected chi connectivity index (χ3v) is 2.21. The number of carbonyl (C=O) groups excluding carboxylic acids is 1. The average Bonchev–Trinajstić information content (AvgIpc) is 2.27. The molecule has 0 amide bonds. The van der Waals surface area contributed by atoms with Crippen LogP contribution in [0.15, 0.2) is 12.1 Å². The standard InChI is InChI=1S/C10H12N2O4/c1-6-4-8(11-2)9(12(14)15)5-7(6)10(13)16-3/h4-5,11H,1-3H3. The molecule has 0 heterocycles. The molecule has 1 aromatic carbocycles. The van der Waals surface area contributed by atoms with Gasteiger partial charge in [0.25, 0.3) is 5.69 Å². The number of nitrogens with zero attached hydrogens (tertiary/aromatic N) is 1. The molecule has 0 spiro atoms. The molecule has 16 heavy (non-hydrogen) atoms. The molecule has 1 N–H and O–H groups in total. The molecule has 0 saturated carbocycles. The molecule has 0 fully saturated rings. The first-order chi connectivity index (χ1) is 7.51. The van der Waals surface area contributed by atoms with Gasteiger partial charge in [-0.1, -0.05) is 0 Å². The van der Waals surface area contributed by atoms with Crippen LogP contribution in [0.1, 0.15) is 15.9 Å². The van der Waals surface area contributed by atoms with Crippen molar-refractivity contribution in [1.29, 1.82) is 0 Å². The Bertz CT molecular complexity index is 443. The lowest BCUT2D eigenvalue weighted by Crippen LogP contribution is -2.06. The first-order valence-corrected chi connectivity index (χ1v) is 4.56. The van der Waals surface area contributed by atoms with E-state index in [2.05, 4.69) is 10.1 Å². The average molecular weight is 224 g/mol. The molecule has 0 radical (unpaired) electrons. The zero-order valence-electron chi connectivity index (χ0n) is 9.23. The van der Waals surface area contributed by atoms with E-state index in [9.17, 15) is 14.9 Å². The van der Waals surface area contributed by atoms with Crippen molar-refractivity contribution < 1.29 is 14.5 Å². The van der Waals surface area contributed by atoms with E-state index >= 15 is 0 Å². The Morgan fingerprint density at radius 1 is 1.50 bits per heavy atom. The molecule has 1 rings (SSSR count). The maximum absolute atomic E-state index is 11.3. The molecule has 1 aromatic rings. The third-order valence-electron chi connectivity index (χ3n) is 2.21. The van der Waals surface area contributed by atoms with Crippen molar-refractivity contribution in [2.75, 3.05) is 19.5 Å². The number of nitro groups is 1. The summed E-state index contributed by atoms with van der Waals surface area (Å²) < 4.78 is 4.54. The largest absolute Gasteiger partial charge is 0.465 e. The molecular weight excluding hydrogens is 212 g/mol. The van der Waals surface area contributed by atoms with E-state index in [0.717, 1.165) is 0 Å². The van der Waals surface area contributed by atoms with Crippen molar-refractivity contribution in [3.63, 3.8) is 0 Å². The van der Waals surface area contributed by atoms with Crippen LogP contribution in [-0.4, -0.2) is 25.1 Å². The van der Waals surface area contributed by atoms with Crippen LogP contribution in [-0.2, 0) is 4.74 Å². The molecule has 0 aliphatic heterocycles. The van der Waals surface area contributed by atoms with Gasteiger partial charge in [-0.15, -0.1) is 0 Å². The summed E-state index contributed by atoms with van der Waals surface area (Å²) in [6, 6.07) is 2.76. The number of hydrogen-bond acceptors (Lipinski definition) is 5. The quantitative estimate of drug-likeness (QED) is 0.480. The fourth-order valence-electron chi connectivity index (χ4n) is 1.38. The van der Waals surface area contributed by atoms with Gasteiger partial charge in [-0.2, -0.15) is 0 Å². The van der Waals surface area contributed by atoms with Gasteiger partial charge >= 0.3 is 5.97 Å². The minimum absolute atomic E-state index is 0.145. The summed E-state index contributed by atoms with van der Waals surface area (Å²) in [4.78, 5) is 21.6. The zero-order valence-corrected chi connectivity index (χ0v) is 9.23. The third kappa shape index (κ3) is 2.10. The lowest BCUT2D eigenvalue weighted by molar-refractivity contribution is -0.384. The maximum atomic E-state index is 11.3. The first-order valence-electron chi connectivity index (χ1n) is 4.56. The van der Waals surface area contributed by atoms with E-state index in [0.29, 0.717) is 11.3 Å². The molecule has 0 unspecified atom stereocenters. The number of nitrogens with one attached hydrogen (secondary N) is 1. The van der Waals surface area contributed by atoms with E-state index in [1.807, 2.05) is 0 Å².